The molecule has 18 nitrogen and oxygen atoms in total. The molecule has 0 radical (unpaired) electrons. The summed E-state index contributed by atoms with van der Waals surface area (Å²) in [6.07, 6.45) is 5.85. The van der Waals surface area contributed by atoms with Crippen molar-refractivity contribution in [3.63, 3.8) is 0 Å². The maximum absolute atomic E-state index is 14.1. The Balaban J connectivity index is 0.722. The molecule has 2 aromatic carbocycles. The van der Waals surface area contributed by atoms with Crippen molar-refractivity contribution in [2.24, 2.45) is 17.3 Å². The lowest BCUT2D eigenvalue weighted by Crippen LogP contribution is -2.57. The normalized spacial score (nSPS) is 28.1. The van der Waals surface area contributed by atoms with Crippen LogP contribution >= 0.6 is 11.8 Å². The number of hydrogen-bond acceptors (Lipinski definition) is 13. The molecule has 9 rings (SSSR count). The van der Waals surface area contributed by atoms with Crippen molar-refractivity contribution in [3.05, 3.63) is 64.7 Å². The first-order valence-corrected chi connectivity index (χ1v) is 25.1. The lowest BCUT2D eigenvalue weighted by molar-refractivity contribution is -0.145. The molecule has 5 saturated heterocycles. The molecule has 1 aliphatic carbocycles. The quantitative estimate of drug-likeness (QED) is 0.166. The van der Waals surface area contributed by atoms with Crippen molar-refractivity contribution in [2.75, 3.05) is 57.9 Å². The molecular formula is C44H54N8O10S2. The van der Waals surface area contributed by atoms with Gasteiger partial charge in [0.15, 0.2) is 0 Å². The smallest absolute Gasteiger partial charge is 0.266 e. The Labute approximate surface area is 375 Å². The van der Waals surface area contributed by atoms with Crippen molar-refractivity contribution in [3.8, 4) is 5.75 Å². The standard InChI is InChI=1S/C44H54N8O10S2/c1-64(60,61)51-16-11-29(23-51)38(55)46-20-36(54)49-43-47-31(24-63-43)28-5-2-4-26(18-28)27-10-15-45-34(19-27)44(13-14-44)42(59)50-21-25(22-50)12-17-62-33-7-3-6-30-37(33)41(58)52(40(30)57)32-8-9-35(53)48-39(32)56/h2-7,18,25,27,29,31-32,34,43,45,47H,8-17,19-24H2,1H3,(H,46,55)(H,49,54)(H,48,53,56). The number of sulfonamides is 1. The van der Waals surface area contributed by atoms with Crippen LogP contribution in [0.15, 0.2) is 42.5 Å². The third-order valence-electron chi connectivity index (χ3n) is 14.0. The second kappa shape index (κ2) is 17.8. The van der Waals surface area contributed by atoms with Crippen LogP contribution in [0.3, 0.4) is 0 Å². The summed E-state index contributed by atoms with van der Waals surface area (Å²) in [4.78, 5) is 93.1. The van der Waals surface area contributed by atoms with E-state index in [0.717, 1.165) is 54.7 Å². The molecule has 7 amide bonds. The first-order valence-electron chi connectivity index (χ1n) is 22.2. The monoisotopic (exact) mass is 918 g/mol. The molecule has 6 atom stereocenters. The predicted molar refractivity (Wildman–Crippen MR) is 233 cm³/mol. The lowest BCUT2D eigenvalue weighted by atomic mass is 9.78. The van der Waals surface area contributed by atoms with Gasteiger partial charge in [0, 0.05) is 50.4 Å². The Morgan fingerprint density at radius 3 is 2.50 bits per heavy atom. The number of amides is 7. The van der Waals surface area contributed by atoms with Gasteiger partial charge in [-0.15, -0.1) is 11.8 Å². The van der Waals surface area contributed by atoms with Crippen LogP contribution < -0.4 is 31.3 Å². The molecule has 20 heteroatoms. The zero-order valence-electron chi connectivity index (χ0n) is 35.6. The number of nitrogens with one attached hydrogen (secondary N) is 5. The van der Waals surface area contributed by atoms with Gasteiger partial charge in [-0.3, -0.25) is 49.1 Å². The summed E-state index contributed by atoms with van der Waals surface area (Å²) >= 11 is 1.58. The molecule has 0 bridgehead atoms. The van der Waals surface area contributed by atoms with Gasteiger partial charge in [0.2, 0.25) is 39.6 Å². The minimum absolute atomic E-state index is 0.0134. The Morgan fingerprint density at radius 2 is 1.75 bits per heavy atom. The highest BCUT2D eigenvalue weighted by Crippen LogP contribution is 2.54. The van der Waals surface area contributed by atoms with E-state index in [-0.39, 0.29) is 89.9 Å². The van der Waals surface area contributed by atoms with E-state index in [1.165, 1.54) is 15.9 Å². The summed E-state index contributed by atoms with van der Waals surface area (Å²) in [5.74, 6) is -1.67. The number of thioether (sulfide) groups is 1. The minimum Gasteiger partial charge on any atom is -0.493 e. The number of imide groups is 2. The number of benzene rings is 2. The number of ether oxygens (including phenoxy) is 1. The second-order valence-corrected chi connectivity index (χ2v) is 21.3. The number of piperidine rings is 2. The van der Waals surface area contributed by atoms with Gasteiger partial charge in [0.1, 0.15) is 17.3 Å². The molecule has 6 unspecified atom stereocenters. The van der Waals surface area contributed by atoms with E-state index in [0.29, 0.717) is 39.1 Å². The van der Waals surface area contributed by atoms with E-state index in [9.17, 15) is 42.0 Å². The fourth-order valence-corrected chi connectivity index (χ4v) is 12.2. The van der Waals surface area contributed by atoms with Crippen molar-refractivity contribution in [1.29, 1.82) is 0 Å². The van der Waals surface area contributed by atoms with Gasteiger partial charge in [-0.1, -0.05) is 30.3 Å². The number of carbonyl (C=O) groups is 7. The molecule has 0 spiro atoms. The first kappa shape index (κ1) is 44.3. The molecule has 2 aromatic rings. The molecule has 6 fully saturated rings. The van der Waals surface area contributed by atoms with Gasteiger partial charge in [0.25, 0.3) is 11.8 Å². The van der Waals surface area contributed by atoms with E-state index in [1.54, 1.807) is 23.9 Å². The van der Waals surface area contributed by atoms with E-state index in [4.69, 9.17) is 4.74 Å². The van der Waals surface area contributed by atoms with Gasteiger partial charge in [-0.25, -0.2) is 12.7 Å². The molecule has 7 aliphatic rings. The summed E-state index contributed by atoms with van der Waals surface area (Å²) in [6.45, 7) is 2.59. The molecular weight excluding hydrogens is 865 g/mol. The second-order valence-electron chi connectivity index (χ2n) is 18.2. The Kier molecular flexibility index (Phi) is 12.3. The molecule has 342 valence electrons. The highest BCUT2D eigenvalue weighted by molar-refractivity contribution is 8.00. The van der Waals surface area contributed by atoms with Crippen LogP contribution in [0.25, 0.3) is 0 Å². The largest absolute Gasteiger partial charge is 0.493 e. The van der Waals surface area contributed by atoms with Gasteiger partial charge in [0.05, 0.1) is 41.9 Å². The lowest BCUT2D eigenvalue weighted by Gasteiger charge is -2.44. The fourth-order valence-electron chi connectivity index (χ4n) is 10.2. The van der Waals surface area contributed by atoms with Crippen LogP contribution in [0.4, 0.5) is 0 Å². The minimum atomic E-state index is -3.36. The molecule has 64 heavy (non-hydrogen) atoms. The average Bonchev–Trinajstić information content (AvgIpc) is 3.54. The summed E-state index contributed by atoms with van der Waals surface area (Å²) in [5.41, 5.74) is 1.92. The average molecular weight is 919 g/mol. The Hall–Kier alpha value is -4.89. The van der Waals surface area contributed by atoms with Gasteiger partial charge >= 0.3 is 0 Å². The zero-order valence-corrected chi connectivity index (χ0v) is 37.3. The van der Waals surface area contributed by atoms with Crippen LogP contribution in [0, 0.1) is 17.3 Å². The van der Waals surface area contributed by atoms with Crippen molar-refractivity contribution in [2.45, 2.75) is 80.9 Å². The Bertz CT molecular complexity index is 2370. The van der Waals surface area contributed by atoms with Crippen LogP contribution in [0.5, 0.6) is 5.75 Å². The van der Waals surface area contributed by atoms with Crippen molar-refractivity contribution < 1.29 is 46.7 Å². The van der Waals surface area contributed by atoms with E-state index < -0.39 is 51.0 Å². The van der Waals surface area contributed by atoms with Gasteiger partial charge < -0.3 is 25.6 Å². The van der Waals surface area contributed by atoms with Gasteiger partial charge in [-0.05, 0) is 86.6 Å². The third kappa shape index (κ3) is 8.90. The SMILES string of the molecule is CS(=O)(=O)N1CCC(C(=O)NCC(=O)NC2NC(c3cccc(C4CCNC(C5(C(=O)N6CC(CCOc7cccc8c7C(=O)N(C7CCC(=O)NC7=O)C8=O)C6)CC5)C4)c3)CS2)C1. The maximum Gasteiger partial charge on any atom is 0.266 e. The van der Waals surface area contributed by atoms with E-state index in [2.05, 4.69) is 50.8 Å². The molecule has 0 aromatic heterocycles. The number of rotatable bonds is 14. The maximum atomic E-state index is 14.1. The topological polar surface area (TPSA) is 233 Å². The highest BCUT2D eigenvalue weighted by atomic mass is 32.2. The zero-order chi connectivity index (χ0) is 44.9. The van der Waals surface area contributed by atoms with Crippen LogP contribution in [-0.4, -0.2) is 139 Å². The molecule has 6 aliphatic heterocycles. The third-order valence-corrected chi connectivity index (χ3v) is 16.4. The van der Waals surface area contributed by atoms with Crippen LogP contribution in [0.1, 0.15) is 95.2 Å². The summed E-state index contributed by atoms with van der Waals surface area (Å²) < 4.78 is 31.0. The van der Waals surface area contributed by atoms with Crippen LogP contribution in [0.2, 0.25) is 0 Å². The fraction of sp³-hybridized carbons (Fsp3) is 0.568. The Morgan fingerprint density at radius 1 is 0.969 bits per heavy atom. The molecule has 1 saturated carbocycles. The van der Waals surface area contributed by atoms with E-state index >= 15 is 0 Å². The van der Waals surface area contributed by atoms with Crippen LogP contribution in [-0.2, 0) is 34.0 Å². The van der Waals surface area contributed by atoms with Crippen molar-refractivity contribution >= 4 is 63.1 Å². The van der Waals surface area contributed by atoms with E-state index in [1.807, 2.05) is 4.90 Å². The number of likely N-dealkylation sites (tertiary alicyclic amines) is 1. The van der Waals surface area contributed by atoms with Gasteiger partial charge in [-0.2, -0.15) is 0 Å². The summed E-state index contributed by atoms with van der Waals surface area (Å²) in [7, 11) is -3.36. The van der Waals surface area contributed by atoms with Crippen molar-refractivity contribution in [1.82, 2.24) is 40.7 Å². The molecule has 5 N–H and O–H groups in total. The number of nitrogens with zero attached hydrogens (tertiary/aromatic N) is 3. The summed E-state index contributed by atoms with van der Waals surface area (Å²) in [6, 6.07) is 12.4. The molecule has 6 heterocycles. The number of fused-ring (bicyclic) bond motifs is 1. The number of hydrogen-bond donors (Lipinski definition) is 5. The first-order chi connectivity index (χ1) is 30.7. The number of carbonyl (C=O) groups excluding carboxylic acids is 7. The highest BCUT2D eigenvalue weighted by Gasteiger charge is 2.59. The predicted octanol–water partition coefficient (Wildman–Crippen LogP) is 0.806. The summed E-state index contributed by atoms with van der Waals surface area (Å²) in [5, 5.41) is 15.0.